The third kappa shape index (κ3) is 27.5. The second kappa shape index (κ2) is 31.3. The Hall–Kier alpha value is -1.71. The van der Waals surface area contributed by atoms with Gasteiger partial charge in [0.1, 0.15) is 12.7 Å². The smallest absolute Gasteiger partial charge is 0.462 e. The van der Waals surface area contributed by atoms with Crippen LogP contribution < -0.4 is 0 Å². The largest absolute Gasteiger partial charge is 0.472 e. The molecule has 1 rings (SSSR count). The summed E-state index contributed by atoms with van der Waals surface area (Å²) in [6, 6.07) is 0. The van der Waals surface area contributed by atoms with E-state index >= 15 is 0 Å². The number of hydrogen-bond acceptors (Lipinski definition) is 13. The van der Waals surface area contributed by atoms with E-state index in [2.05, 4.69) is 25.3 Å². The Kier molecular flexibility index (Phi) is 29.2. The van der Waals surface area contributed by atoms with Crippen LogP contribution in [0.15, 0.2) is 24.3 Å². The van der Waals surface area contributed by atoms with E-state index in [1.807, 2.05) is 12.2 Å². The summed E-state index contributed by atoms with van der Waals surface area (Å²) in [5, 5.41) is 49.2. The first-order chi connectivity index (χ1) is 26.3. The number of hydrogen-bond donors (Lipinski definition) is 6. The van der Waals surface area contributed by atoms with Crippen LogP contribution in [0.1, 0.15) is 143 Å². The zero-order chi connectivity index (χ0) is 40.9. The Labute approximate surface area is 329 Å². The number of unbranched alkanes of at least 4 members (excludes halogenated alkanes) is 10. The molecule has 0 radical (unpaired) electrons. The van der Waals surface area contributed by atoms with Crippen LogP contribution in [0.4, 0.5) is 0 Å². The third-order valence-corrected chi connectivity index (χ3v) is 10.3. The van der Waals surface area contributed by atoms with E-state index in [0.29, 0.717) is 32.1 Å². The maximum atomic E-state index is 12.6. The lowest BCUT2D eigenvalue weighted by atomic mass is 9.87. The summed E-state index contributed by atoms with van der Waals surface area (Å²) in [6.07, 6.45) is 16.5. The molecule has 322 valence electrons. The van der Waals surface area contributed by atoms with Crippen molar-refractivity contribution in [1.29, 1.82) is 0 Å². The van der Waals surface area contributed by atoms with Crippen LogP contribution in [0.5, 0.6) is 0 Å². The lowest BCUT2D eigenvalue weighted by Gasteiger charge is -2.36. The van der Waals surface area contributed by atoms with Gasteiger partial charge in [-0.25, -0.2) is 4.57 Å². The first-order valence-corrected chi connectivity index (χ1v) is 22.0. The van der Waals surface area contributed by atoms with Crippen LogP contribution in [0.2, 0.25) is 0 Å². The Morgan fingerprint density at radius 1 is 0.836 bits per heavy atom. The van der Waals surface area contributed by atoms with Crippen LogP contribution in [-0.4, -0.2) is 106 Å². The molecule has 0 aliphatic carbocycles. The number of aliphatic hydroxyl groups excluding tert-OH is 5. The molecule has 2 unspecified atom stereocenters. The normalized spacial score (nSPS) is 21.9. The van der Waals surface area contributed by atoms with Gasteiger partial charge in [-0.1, -0.05) is 116 Å². The average molecular weight is 809 g/mol. The molecule has 15 heteroatoms. The molecule has 8 atom stereocenters. The van der Waals surface area contributed by atoms with Gasteiger partial charge in [-0.3, -0.25) is 18.6 Å². The van der Waals surface area contributed by atoms with Crippen molar-refractivity contribution in [2.45, 2.75) is 180 Å². The summed E-state index contributed by atoms with van der Waals surface area (Å²) >= 11 is 0. The van der Waals surface area contributed by atoms with Crippen LogP contribution in [0, 0.1) is 11.8 Å². The van der Waals surface area contributed by atoms with Crippen molar-refractivity contribution in [2.24, 2.45) is 11.8 Å². The van der Waals surface area contributed by atoms with Crippen molar-refractivity contribution in [1.82, 2.24) is 0 Å². The summed E-state index contributed by atoms with van der Waals surface area (Å²) in [7, 11) is -4.68. The summed E-state index contributed by atoms with van der Waals surface area (Å²) in [6.45, 7) is 4.20. The van der Waals surface area contributed by atoms with Crippen molar-refractivity contribution in [2.75, 3.05) is 26.4 Å². The Bertz CT molecular complexity index is 1100. The zero-order valence-electron chi connectivity index (χ0n) is 33.6. The van der Waals surface area contributed by atoms with E-state index in [0.717, 1.165) is 50.9 Å². The molecule has 0 saturated carbocycles. The molecular formula is C40H73O14P. The van der Waals surface area contributed by atoms with Gasteiger partial charge in [0.25, 0.3) is 0 Å². The molecular weight excluding hydrogens is 735 g/mol. The minimum absolute atomic E-state index is 0.0485. The number of rotatable bonds is 33. The molecule has 0 spiro atoms. The van der Waals surface area contributed by atoms with Gasteiger partial charge in [0.15, 0.2) is 12.4 Å². The number of phosphoric acid groups is 1. The lowest BCUT2D eigenvalue weighted by Crippen LogP contribution is -2.43. The minimum atomic E-state index is -4.68. The van der Waals surface area contributed by atoms with E-state index in [-0.39, 0.29) is 25.2 Å². The second-order valence-corrected chi connectivity index (χ2v) is 16.5. The summed E-state index contributed by atoms with van der Waals surface area (Å²) < 4.78 is 38.2. The molecule has 0 aromatic heterocycles. The minimum Gasteiger partial charge on any atom is -0.462 e. The number of carbonyl (C=O) groups excluding carboxylic acids is 2. The monoisotopic (exact) mass is 808 g/mol. The SMILES string of the molecule is CCCCC[C@H](O)/C=C/[C@H]1OC(O)C[C@H](O)[C@@H]1C/C=C\CCCC(=O)OC[C@H](COP(=O)(O)OC[C@@H](O)CO)OC(=O)CCCCCCCCCCC(C)C. The maximum absolute atomic E-state index is 12.6. The highest BCUT2D eigenvalue weighted by Crippen LogP contribution is 2.43. The first-order valence-electron chi connectivity index (χ1n) is 20.5. The van der Waals surface area contributed by atoms with Gasteiger partial charge in [-0.05, 0) is 38.0 Å². The molecule has 0 bridgehead atoms. The van der Waals surface area contributed by atoms with Gasteiger partial charge >= 0.3 is 19.8 Å². The summed E-state index contributed by atoms with van der Waals surface area (Å²) in [4.78, 5) is 35.1. The van der Waals surface area contributed by atoms with E-state index < -0.39 is 83.0 Å². The van der Waals surface area contributed by atoms with E-state index in [1.165, 1.54) is 25.7 Å². The molecule has 1 aliphatic heterocycles. The first kappa shape index (κ1) is 51.3. The molecule has 55 heavy (non-hydrogen) atoms. The highest BCUT2D eigenvalue weighted by Gasteiger charge is 2.35. The molecule has 1 heterocycles. The lowest BCUT2D eigenvalue weighted by molar-refractivity contribution is -0.199. The number of phosphoric ester groups is 1. The quantitative estimate of drug-likeness (QED) is 0.0189. The van der Waals surface area contributed by atoms with Gasteiger partial charge in [0.05, 0.1) is 38.1 Å². The summed E-state index contributed by atoms with van der Waals surface area (Å²) in [5.74, 6) is -0.714. The van der Waals surface area contributed by atoms with Crippen LogP contribution in [0.25, 0.3) is 0 Å². The van der Waals surface area contributed by atoms with E-state index in [4.69, 9.17) is 23.8 Å². The third-order valence-electron chi connectivity index (χ3n) is 9.33. The zero-order valence-corrected chi connectivity index (χ0v) is 34.5. The topological polar surface area (TPSA) is 219 Å². The molecule has 0 aromatic rings. The van der Waals surface area contributed by atoms with Crippen molar-refractivity contribution >= 4 is 19.8 Å². The molecule has 14 nitrogen and oxygen atoms in total. The number of allylic oxidation sites excluding steroid dienone is 2. The van der Waals surface area contributed by atoms with Crippen LogP contribution >= 0.6 is 7.82 Å². The van der Waals surface area contributed by atoms with Gasteiger partial charge in [0, 0.05) is 25.2 Å². The molecule has 0 amide bonds. The van der Waals surface area contributed by atoms with Crippen LogP contribution in [0.3, 0.4) is 0 Å². The second-order valence-electron chi connectivity index (χ2n) is 15.0. The Morgan fingerprint density at radius 3 is 2.15 bits per heavy atom. The highest BCUT2D eigenvalue weighted by atomic mass is 31.2. The molecule has 6 N–H and O–H groups in total. The molecule has 1 fully saturated rings. The average Bonchev–Trinajstić information content (AvgIpc) is 3.13. The maximum Gasteiger partial charge on any atom is 0.472 e. The molecule has 1 saturated heterocycles. The van der Waals surface area contributed by atoms with Gasteiger partial charge in [-0.15, -0.1) is 0 Å². The summed E-state index contributed by atoms with van der Waals surface area (Å²) in [5.41, 5.74) is 0. The number of ether oxygens (including phenoxy) is 3. The van der Waals surface area contributed by atoms with Crippen molar-refractivity contribution < 1.29 is 67.8 Å². The van der Waals surface area contributed by atoms with Crippen LogP contribution in [-0.2, 0) is 37.4 Å². The van der Waals surface area contributed by atoms with E-state index in [1.54, 1.807) is 12.2 Å². The molecule has 0 aromatic carbocycles. The van der Waals surface area contributed by atoms with E-state index in [9.17, 15) is 39.5 Å². The Morgan fingerprint density at radius 2 is 1.47 bits per heavy atom. The van der Waals surface area contributed by atoms with Gasteiger partial charge in [-0.2, -0.15) is 0 Å². The van der Waals surface area contributed by atoms with Gasteiger partial charge in [0.2, 0.25) is 0 Å². The number of aliphatic hydroxyl groups is 5. The fourth-order valence-electron chi connectivity index (χ4n) is 6.04. The molecule has 1 aliphatic rings. The Balaban J connectivity index is 2.55. The fourth-order valence-corrected chi connectivity index (χ4v) is 6.83. The fraction of sp³-hybridized carbons (Fsp3) is 0.850. The van der Waals surface area contributed by atoms with Crippen molar-refractivity contribution in [3.05, 3.63) is 24.3 Å². The highest BCUT2D eigenvalue weighted by molar-refractivity contribution is 7.47. The predicted octanol–water partition coefficient (Wildman–Crippen LogP) is 6.18. The predicted molar refractivity (Wildman–Crippen MR) is 209 cm³/mol. The standard InChI is InChI=1S/C40H73O14P/c1-4-5-14-20-32(42)24-25-37-35(36(44)26-40(47)54-37)21-16-12-13-17-22-38(45)50-29-34(30-52-55(48,49)51-28-33(43)27-41)53-39(46)23-18-11-9-7-6-8-10-15-19-31(2)3/h12,16,24-25,31-37,40-44,47H,4-11,13-15,17-23,26-30H2,1-3H3,(H,48,49)/b16-12-,25-24+/t32-,33-,34+,35-,36-,37+,40?/m0/s1. The number of esters is 2. The van der Waals surface area contributed by atoms with Crippen molar-refractivity contribution in [3.8, 4) is 0 Å². The van der Waals surface area contributed by atoms with Crippen molar-refractivity contribution in [3.63, 3.8) is 0 Å². The van der Waals surface area contributed by atoms with Gasteiger partial charge < -0.3 is 44.6 Å². The number of carbonyl (C=O) groups is 2.